The zero-order valence-electron chi connectivity index (χ0n) is 14.5. The summed E-state index contributed by atoms with van der Waals surface area (Å²) < 4.78 is 30.2. The molecule has 0 aliphatic carbocycles. The summed E-state index contributed by atoms with van der Waals surface area (Å²) in [6.45, 7) is 2.17. The number of aromatic nitrogens is 2. The highest BCUT2D eigenvalue weighted by molar-refractivity contribution is 7.89. The highest BCUT2D eigenvalue weighted by Gasteiger charge is 2.20. The van der Waals surface area contributed by atoms with Gasteiger partial charge in [0.2, 0.25) is 10.0 Å². The Kier molecular flexibility index (Phi) is 4.29. The molecule has 0 saturated carbocycles. The third-order valence-corrected chi connectivity index (χ3v) is 6.52. The van der Waals surface area contributed by atoms with Crippen LogP contribution in [0.3, 0.4) is 0 Å². The number of imidazole rings is 1. The van der Waals surface area contributed by atoms with Gasteiger partial charge in [0, 0.05) is 38.4 Å². The molecule has 0 unspecified atom stereocenters. The van der Waals surface area contributed by atoms with E-state index in [0.717, 1.165) is 62.4 Å². The molecule has 3 heterocycles. The van der Waals surface area contributed by atoms with E-state index >= 15 is 0 Å². The van der Waals surface area contributed by atoms with Crippen molar-refractivity contribution in [3.05, 3.63) is 41.5 Å². The van der Waals surface area contributed by atoms with Crippen LogP contribution in [0.15, 0.2) is 29.3 Å². The van der Waals surface area contributed by atoms with Crippen molar-refractivity contribution in [1.29, 1.82) is 0 Å². The highest BCUT2D eigenvalue weighted by Crippen LogP contribution is 2.28. The summed E-state index contributed by atoms with van der Waals surface area (Å²) in [7, 11) is -1.53. The Balaban J connectivity index is 1.52. The molecule has 0 fully saturated rings. The fourth-order valence-corrected chi connectivity index (χ4v) is 4.73. The minimum Gasteiger partial charge on any atom is -0.374 e. The largest absolute Gasteiger partial charge is 0.374 e. The Morgan fingerprint density at radius 3 is 2.88 bits per heavy atom. The molecule has 6 nitrogen and oxygen atoms in total. The normalized spacial score (nSPS) is 17.2. The van der Waals surface area contributed by atoms with Gasteiger partial charge in [0.25, 0.3) is 0 Å². The fraction of sp³-hybridized carbons (Fsp3) is 0.500. The summed E-state index contributed by atoms with van der Waals surface area (Å²) in [6.07, 6.45) is 7.38. The zero-order valence-corrected chi connectivity index (χ0v) is 15.3. The van der Waals surface area contributed by atoms with Crippen LogP contribution in [0.2, 0.25) is 0 Å². The van der Waals surface area contributed by atoms with Gasteiger partial charge in [0.05, 0.1) is 17.1 Å². The van der Waals surface area contributed by atoms with Gasteiger partial charge in [-0.1, -0.05) is 6.07 Å². The monoisotopic (exact) mass is 360 g/mol. The Morgan fingerprint density at radius 1 is 1.16 bits per heavy atom. The van der Waals surface area contributed by atoms with Crippen LogP contribution in [-0.2, 0) is 36.0 Å². The molecule has 25 heavy (non-hydrogen) atoms. The second-order valence-corrected chi connectivity index (χ2v) is 8.71. The van der Waals surface area contributed by atoms with Crippen molar-refractivity contribution in [2.75, 3.05) is 18.5 Å². The van der Waals surface area contributed by atoms with Crippen molar-refractivity contribution in [2.24, 2.45) is 0 Å². The maximum absolute atomic E-state index is 12.7. The minimum absolute atomic E-state index is 0.231. The number of fused-ring (bicyclic) bond motifs is 2. The Hall–Kier alpha value is -1.86. The van der Waals surface area contributed by atoms with Gasteiger partial charge in [0.15, 0.2) is 0 Å². The first-order valence-electron chi connectivity index (χ1n) is 8.91. The number of hydrogen-bond donors (Lipinski definition) is 1. The molecule has 1 aromatic heterocycles. The molecule has 2 aliphatic rings. The first-order chi connectivity index (χ1) is 12.0. The molecule has 1 N–H and O–H groups in total. The van der Waals surface area contributed by atoms with E-state index in [2.05, 4.69) is 19.2 Å². The van der Waals surface area contributed by atoms with Crippen LogP contribution in [0.25, 0.3) is 0 Å². The average molecular weight is 360 g/mol. The highest BCUT2D eigenvalue weighted by atomic mass is 32.2. The average Bonchev–Trinajstić information content (AvgIpc) is 3.03. The molecule has 0 amide bonds. The van der Waals surface area contributed by atoms with Crippen molar-refractivity contribution in [2.45, 2.75) is 50.1 Å². The van der Waals surface area contributed by atoms with Gasteiger partial charge in [-0.15, -0.1) is 0 Å². The number of hydrogen-bond acceptors (Lipinski definition) is 4. The lowest BCUT2D eigenvalue weighted by Crippen LogP contribution is -2.27. The van der Waals surface area contributed by atoms with Crippen LogP contribution in [0, 0.1) is 0 Å². The summed E-state index contributed by atoms with van der Waals surface area (Å²) in [6, 6.07) is 5.43. The van der Waals surface area contributed by atoms with E-state index in [4.69, 9.17) is 0 Å². The van der Waals surface area contributed by atoms with Crippen LogP contribution in [-0.4, -0.2) is 31.6 Å². The smallest absolute Gasteiger partial charge is 0.240 e. The number of benzene rings is 1. The molecule has 0 atom stereocenters. The minimum atomic E-state index is -3.54. The zero-order chi connectivity index (χ0) is 17.4. The van der Waals surface area contributed by atoms with Gasteiger partial charge in [-0.2, -0.15) is 0 Å². The van der Waals surface area contributed by atoms with Crippen LogP contribution in [0.5, 0.6) is 0 Å². The standard InChI is InChI=1S/C18H24N4O2S/c1-21-9-4-5-14-7-8-16(11-17(14)21)25(23,24)19-12-15-13-22-10-3-2-6-18(22)20-15/h7-8,11,13,19H,2-6,9-10,12H2,1H3. The number of sulfonamides is 1. The van der Waals surface area contributed by atoms with E-state index in [1.165, 1.54) is 5.56 Å². The van der Waals surface area contributed by atoms with Gasteiger partial charge < -0.3 is 9.47 Å². The second-order valence-electron chi connectivity index (χ2n) is 6.94. The van der Waals surface area contributed by atoms with Crippen LogP contribution in [0.1, 0.15) is 36.3 Å². The predicted molar refractivity (Wildman–Crippen MR) is 97.2 cm³/mol. The number of nitrogens with one attached hydrogen (secondary N) is 1. The molecule has 134 valence electrons. The van der Waals surface area contributed by atoms with Crippen molar-refractivity contribution in [1.82, 2.24) is 14.3 Å². The van der Waals surface area contributed by atoms with Gasteiger partial charge in [0.1, 0.15) is 5.82 Å². The first-order valence-corrected chi connectivity index (χ1v) is 10.4. The van der Waals surface area contributed by atoms with E-state index in [1.807, 2.05) is 19.3 Å². The van der Waals surface area contributed by atoms with Crippen molar-refractivity contribution in [3.63, 3.8) is 0 Å². The number of nitrogens with zero attached hydrogens (tertiary/aromatic N) is 3. The summed E-state index contributed by atoms with van der Waals surface area (Å²) in [4.78, 5) is 7.01. The van der Waals surface area contributed by atoms with Gasteiger partial charge >= 0.3 is 0 Å². The van der Waals surface area contributed by atoms with Crippen molar-refractivity contribution < 1.29 is 8.42 Å². The molecular weight excluding hydrogens is 336 g/mol. The number of aryl methyl sites for hydroxylation is 3. The molecule has 2 aromatic rings. The third-order valence-electron chi connectivity index (χ3n) is 5.12. The third kappa shape index (κ3) is 3.30. The maximum atomic E-state index is 12.7. The van der Waals surface area contributed by atoms with Gasteiger partial charge in [-0.25, -0.2) is 18.1 Å². The molecular formula is C18H24N4O2S. The lowest BCUT2D eigenvalue weighted by atomic mass is 10.0. The Labute approximate surface area is 148 Å². The number of rotatable bonds is 4. The summed E-state index contributed by atoms with van der Waals surface area (Å²) in [5.74, 6) is 1.07. The molecule has 0 saturated heterocycles. The lowest BCUT2D eigenvalue weighted by molar-refractivity contribution is 0.522. The molecule has 1 aromatic carbocycles. The Bertz CT molecular complexity index is 865. The summed E-state index contributed by atoms with van der Waals surface area (Å²) >= 11 is 0. The van der Waals surface area contributed by atoms with Crippen LogP contribution >= 0.6 is 0 Å². The van der Waals surface area contributed by atoms with E-state index in [1.54, 1.807) is 12.1 Å². The quantitative estimate of drug-likeness (QED) is 0.906. The molecule has 0 bridgehead atoms. The topological polar surface area (TPSA) is 67.2 Å². The van der Waals surface area contributed by atoms with E-state index < -0.39 is 10.0 Å². The molecule has 7 heteroatoms. The SMILES string of the molecule is CN1CCCc2ccc(S(=O)(=O)NCc3cn4c(n3)CCCC4)cc21. The maximum Gasteiger partial charge on any atom is 0.240 e. The molecule has 0 spiro atoms. The lowest BCUT2D eigenvalue weighted by Gasteiger charge is -2.27. The first kappa shape index (κ1) is 16.6. The second kappa shape index (κ2) is 6.46. The van der Waals surface area contributed by atoms with Gasteiger partial charge in [-0.3, -0.25) is 0 Å². The van der Waals surface area contributed by atoms with Gasteiger partial charge in [-0.05, 0) is 43.4 Å². The predicted octanol–water partition coefficient (Wildman–Crippen LogP) is 2.08. The Morgan fingerprint density at radius 2 is 2.04 bits per heavy atom. The van der Waals surface area contributed by atoms with Crippen LogP contribution in [0.4, 0.5) is 5.69 Å². The molecule has 2 aliphatic heterocycles. The van der Waals surface area contributed by atoms with Crippen LogP contribution < -0.4 is 9.62 Å². The molecule has 0 radical (unpaired) electrons. The fourth-order valence-electron chi connectivity index (χ4n) is 3.71. The molecule has 4 rings (SSSR count). The van der Waals surface area contributed by atoms with E-state index in [-0.39, 0.29) is 6.54 Å². The van der Waals surface area contributed by atoms with E-state index in [9.17, 15) is 8.42 Å². The van der Waals surface area contributed by atoms with Crippen molar-refractivity contribution >= 4 is 15.7 Å². The van der Waals surface area contributed by atoms with Crippen molar-refractivity contribution in [3.8, 4) is 0 Å². The summed E-state index contributed by atoms with van der Waals surface area (Å²) in [5, 5.41) is 0. The van der Waals surface area contributed by atoms with E-state index in [0.29, 0.717) is 4.90 Å². The summed E-state index contributed by atoms with van der Waals surface area (Å²) in [5.41, 5.74) is 3.02. The number of anilines is 1.